The second-order valence-electron chi connectivity index (χ2n) is 7.34. The van der Waals surface area contributed by atoms with E-state index in [0.29, 0.717) is 31.7 Å². The Morgan fingerprint density at radius 3 is 2.21 bits per heavy atom. The van der Waals surface area contributed by atoms with Crippen LogP contribution in [0.15, 0.2) is 54.6 Å². The van der Waals surface area contributed by atoms with Gasteiger partial charge in [0.1, 0.15) is 5.75 Å². The van der Waals surface area contributed by atoms with Crippen LogP contribution < -0.4 is 10.1 Å². The van der Waals surface area contributed by atoms with Gasteiger partial charge in [0.15, 0.2) is 0 Å². The molecule has 1 N–H and O–H groups in total. The van der Waals surface area contributed by atoms with E-state index < -0.39 is 0 Å². The zero-order valence-electron chi connectivity index (χ0n) is 17.3. The summed E-state index contributed by atoms with van der Waals surface area (Å²) in [6.45, 7) is 6.46. The number of nitrogens with one attached hydrogen (secondary N) is 1. The second kappa shape index (κ2) is 9.56. The Balaban J connectivity index is 1.54. The van der Waals surface area contributed by atoms with Crippen LogP contribution in [-0.2, 0) is 4.79 Å². The summed E-state index contributed by atoms with van der Waals surface area (Å²) in [5.74, 6) is 0.791. The predicted octanol–water partition coefficient (Wildman–Crippen LogP) is 2.72. The SMILES string of the molecule is COc1ccccc1C(C)NC(=O)C(C)N1CCN(C(=O)c2ccccc2)CC1. The summed E-state index contributed by atoms with van der Waals surface area (Å²) < 4.78 is 5.40. The zero-order chi connectivity index (χ0) is 20.8. The minimum atomic E-state index is -0.263. The summed E-state index contributed by atoms with van der Waals surface area (Å²) in [7, 11) is 1.63. The van der Waals surface area contributed by atoms with Gasteiger partial charge in [-0.05, 0) is 32.0 Å². The highest BCUT2D eigenvalue weighted by Crippen LogP contribution is 2.24. The average Bonchev–Trinajstić information content (AvgIpc) is 2.78. The fourth-order valence-corrected chi connectivity index (χ4v) is 3.68. The van der Waals surface area contributed by atoms with Crippen molar-refractivity contribution in [2.45, 2.75) is 25.9 Å². The van der Waals surface area contributed by atoms with E-state index in [4.69, 9.17) is 4.74 Å². The molecule has 0 aromatic heterocycles. The second-order valence-corrected chi connectivity index (χ2v) is 7.34. The van der Waals surface area contributed by atoms with Crippen molar-refractivity contribution in [1.29, 1.82) is 0 Å². The lowest BCUT2D eigenvalue weighted by molar-refractivity contribution is -0.127. The molecule has 1 aliphatic rings. The standard InChI is InChI=1S/C23H29N3O3/c1-17(20-11-7-8-12-21(20)29-3)24-22(27)18(2)25-13-15-26(16-14-25)23(28)19-9-5-4-6-10-19/h4-12,17-18H,13-16H2,1-3H3,(H,24,27). The van der Waals surface area contributed by atoms with E-state index in [1.54, 1.807) is 7.11 Å². The van der Waals surface area contributed by atoms with E-state index in [1.165, 1.54) is 0 Å². The number of piperazine rings is 1. The van der Waals surface area contributed by atoms with Gasteiger partial charge in [-0.1, -0.05) is 36.4 Å². The van der Waals surface area contributed by atoms with Gasteiger partial charge in [0.05, 0.1) is 19.2 Å². The fourth-order valence-electron chi connectivity index (χ4n) is 3.68. The van der Waals surface area contributed by atoms with Crippen LogP contribution in [0.1, 0.15) is 35.8 Å². The van der Waals surface area contributed by atoms with E-state index >= 15 is 0 Å². The largest absolute Gasteiger partial charge is 0.496 e. The number of benzene rings is 2. The Morgan fingerprint density at radius 1 is 0.931 bits per heavy atom. The van der Waals surface area contributed by atoms with Gasteiger partial charge in [-0.15, -0.1) is 0 Å². The third-order valence-corrected chi connectivity index (χ3v) is 5.51. The van der Waals surface area contributed by atoms with E-state index in [1.807, 2.05) is 73.3 Å². The number of amides is 2. The normalized spacial score (nSPS) is 16.7. The maximum Gasteiger partial charge on any atom is 0.253 e. The number of carbonyl (C=O) groups is 2. The first-order valence-electron chi connectivity index (χ1n) is 10.0. The summed E-state index contributed by atoms with van der Waals surface area (Å²) in [5, 5.41) is 3.09. The maximum atomic E-state index is 12.8. The highest BCUT2D eigenvalue weighted by molar-refractivity contribution is 5.94. The van der Waals surface area contributed by atoms with Gasteiger partial charge in [0.25, 0.3) is 5.91 Å². The van der Waals surface area contributed by atoms with E-state index in [-0.39, 0.29) is 23.9 Å². The Labute approximate surface area is 172 Å². The monoisotopic (exact) mass is 395 g/mol. The average molecular weight is 396 g/mol. The molecule has 1 heterocycles. The number of hydrogen-bond donors (Lipinski definition) is 1. The molecule has 0 aliphatic carbocycles. The fraction of sp³-hybridized carbons (Fsp3) is 0.391. The molecule has 1 aliphatic heterocycles. The van der Waals surface area contributed by atoms with Crippen LogP contribution in [0.5, 0.6) is 5.75 Å². The lowest BCUT2D eigenvalue weighted by atomic mass is 10.1. The van der Waals surface area contributed by atoms with Crippen molar-refractivity contribution in [2.24, 2.45) is 0 Å². The molecule has 0 radical (unpaired) electrons. The van der Waals surface area contributed by atoms with Crippen molar-refractivity contribution in [3.05, 3.63) is 65.7 Å². The van der Waals surface area contributed by atoms with Gasteiger partial charge in [-0.2, -0.15) is 0 Å². The van der Waals surface area contributed by atoms with Crippen molar-refractivity contribution in [2.75, 3.05) is 33.3 Å². The molecule has 6 heteroatoms. The lowest BCUT2D eigenvalue weighted by Crippen LogP contribution is -2.55. The zero-order valence-corrected chi connectivity index (χ0v) is 17.3. The molecule has 0 saturated carbocycles. The van der Waals surface area contributed by atoms with Crippen LogP contribution in [0, 0.1) is 0 Å². The quantitative estimate of drug-likeness (QED) is 0.817. The summed E-state index contributed by atoms with van der Waals surface area (Å²) in [6, 6.07) is 16.6. The number of rotatable bonds is 6. The molecule has 1 fully saturated rings. The van der Waals surface area contributed by atoms with Crippen LogP contribution >= 0.6 is 0 Å². The number of methoxy groups -OCH3 is 1. The summed E-state index contributed by atoms with van der Waals surface area (Å²) in [5.41, 5.74) is 1.66. The van der Waals surface area contributed by atoms with Gasteiger partial charge in [-0.25, -0.2) is 0 Å². The molecule has 2 aromatic carbocycles. The number of carbonyl (C=O) groups excluding carboxylic acids is 2. The van der Waals surface area contributed by atoms with Crippen LogP contribution in [0.4, 0.5) is 0 Å². The smallest absolute Gasteiger partial charge is 0.253 e. The molecule has 2 amide bonds. The molecule has 3 rings (SSSR count). The van der Waals surface area contributed by atoms with Crippen LogP contribution in [0.25, 0.3) is 0 Å². The molecule has 2 unspecified atom stereocenters. The molecule has 2 aromatic rings. The first kappa shape index (κ1) is 20.9. The lowest BCUT2D eigenvalue weighted by Gasteiger charge is -2.37. The molecule has 0 spiro atoms. The van der Waals surface area contributed by atoms with E-state index in [9.17, 15) is 9.59 Å². The van der Waals surface area contributed by atoms with E-state index in [2.05, 4.69) is 10.2 Å². The summed E-state index contributed by atoms with van der Waals surface area (Å²) >= 11 is 0. The Morgan fingerprint density at radius 2 is 1.55 bits per heavy atom. The van der Waals surface area contributed by atoms with Gasteiger partial charge in [0, 0.05) is 37.3 Å². The van der Waals surface area contributed by atoms with Crippen LogP contribution in [0.3, 0.4) is 0 Å². The maximum absolute atomic E-state index is 12.8. The number of ether oxygens (including phenoxy) is 1. The van der Waals surface area contributed by atoms with Crippen molar-refractivity contribution in [3.63, 3.8) is 0 Å². The topological polar surface area (TPSA) is 61.9 Å². The number of nitrogens with zero attached hydrogens (tertiary/aromatic N) is 2. The van der Waals surface area contributed by atoms with Gasteiger partial charge >= 0.3 is 0 Å². The molecule has 1 saturated heterocycles. The van der Waals surface area contributed by atoms with Crippen molar-refractivity contribution in [1.82, 2.24) is 15.1 Å². The third kappa shape index (κ3) is 4.95. The molecular weight excluding hydrogens is 366 g/mol. The van der Waals surface area contributed by atoms with Crippen LogP contribution in [0.2, 0.25) is 0 Å². The first-order chi connectivity index (χ1) is 14.0. The van der Waals surface area contributed by atoms with Crippen molar-refractivity contribution in [3.8, 4) is 5.75 Å². The summed E-state index contributed by atoms with van der Waals surface area (Å²) in [6.07, 6.45) is 0. The predicted molar refractivity (Wildman–Crippen MR) is 113 cm³/mol. The highest BCUT2D eigenvalue weighted by Gasteiger charge is 2.28. The third-order valence-electron chi connectivity index (χ3n) is 5.51. The minimum Gasteiger partial charge on any atom is -0.496 e. The van der Waals surface area contributed by atoms with Gasteiger partial charge in [-0.3, -0.25) is 14.5 Å². The highest BCUT2D eigenvalue weighted by atomic mass is 16.5. The Bertz CT molecular complexity index is 832. The minimum absolute atomic E-state index is 0.0220. The first-order valence-corrected chi connectivity index (χ1v) is 10.0. The molecule has 154 valence electrons. The van der Waals surface area contributed by atoms with Crippen molar-refractivity contribution >= 4 is 11.8 Å². The molecule has 0 bridgehead atoms. The Kier molecular flexibility index (Phi) is 6.88. The number of para-hydroxylation sites is 1. The van der Waals surface area contributed by atoms with Gasteiger partial charge < -0.3 is 15.0 Å². The van der Waals surface area contributed by atoms with Crippen molar-refractivity contribution < 1.29 is 14.3 Å². The van der Waals surface area contributed by atoms with E-state index in [0.717, 1.165) is 11.3 Å². The van der Waals surface area contributed by atoms with Crippen LogP contribution in [-0.4, -0.2) is 60.9 Å². The van der Waals surface area contributed by atoms with Gasteiger partial charge in [0.2, 0.25) is 5.91 Å². The molecular formula is C23H29N3O3. The molecule has 6 nitrogen and oxygen atoms in total. The molecule has 2 atom stereocenters. The molecule has 29 heavy (non-hydrogen) atoms. The number of hydrogen-bond acceptors (Lipinski definition) is 4. The summed E-state index contributed by atoms with van der Waals surface area (Å²) in [4.78, 5) is 29.4. The Hall–Kier alpha value is -2.86.